The Balaban J connectivity index is 1.49. The van der Waals surface area contributed by atoms with Crippen molar-refractivity contribution in [3.8, 4) is 0 Å². The third kappa shape index (κ3) is 4.59. The molecule has 0 spiro atoms. The van der Waals surface area contributed by atoms with Crippen molar-refractivity contribution in [3.05, 3.63) is 29.0 Å². The highest BCUT2D eigenvalue weighted by Crippen LogP contribution is 2.25. The standard InChI is InChI=1S/C19H27ClN4O3/c1-13-15(5-8-23(13)2)17(25)22-12-19(27)6-9-24(10-7-19)18(26)16-4-3-14(20)11-21-16/h3-4,11,13,15,27H,5-10,12H2,1-2H3,(H,22,25)/t13-,15-/m1/s1. The fraction of sp³-hybridized carbons (Fsp3) is 0.632. The number of halogens is 1. The van der Waals surface area contributed by atoms with Gasteiger partial charge in [-0.1, -0.05) is 11.6 Å². The van der Waals surface area contributed by atoms with Crippen molar-refractivity contribution in [2.75, 3.05) is 33.2 Å². The Morgan fingerprint density at radius 1 is 1.33 bits per heavy atom. The maximum atomic E-state index is 12.5. The lowest BCUT2D eigenvalue weighted by molar-refractivity contribution is -0.127. The Labute approximate surface area is 164 Å². The van der Waals surface area contributed by atoms with E-state index < -0.39 is 5.60 Å². The monoisotopic (exact) mass is 394 g/mol. The summed E-state index contributed by atoms with van der Waals surface area (Å²) in [5.41, 5.74) is -0.634. The van der Waals surface area contributed by atoms with E-state index in [9.17, 15) is 14.7 Å². The highest BCUT2D eigenvalue weighted by molar-refractivity contribution is 6.30. The average molecular weight is 395 g/mol. The first-order valence-electron chi connectivity index (χ1n) is 9.40. The quantitative estimate of drug-likeness (QED) is 0.800. The molecule has 0 bridgehead atoms. The summed E-state index contributed by atoms with van der Waals surface area (Å²) < 4.78 is 0. The summed E-state index contributed by atoms with van der Waals surface area (Å²) in [6, 6.07) is 3.45. The number of hydrogen-bond acceptors (Lipinski definition) is 5. The number of aliphatic hydroxyl groups is 1. The molecule has 3 heterocycles. The van der Waals surface area contributed by atoms with Crippen LogP contribution in [0.1, 0.15) is 36.7 Å². The van der Waals surface area contributed by atoms with Gasteiger partial charge in [-0.2, -0.15) is 0 Å². The molecule has 1 aromatic heterocycles. The SMILES string of the molecule is C[C@@H]1[C@H](C(=O)NCC2(O)CCN(C(=O)c3ccc(Cl)cn3)CC2)CCN1C. The predicted molar refractivity (Wildman–Crippen MR) is 103 cm³/mol. The third-order valence-electron chi connectivity index (χ3n) is 5.93. The molecule has 2 N–H and O–H groups in total. The van der Waals surface area contributed by atoms with E-state index in [1.54, 1.807) is 17.0 Å². The summed E-state index contributed by atoms with van der Waals surface area (Å²) in [5, 5.41) is 14.2. The summed E-state index contributed by atoms with van der Waals surface area (Å²) in [5.74, 6) is -0.194. The molecule has 0 radical (unpaired) electrons. The zero-order valence-electron chi connectivity index (χ0n) is 15.8. The van der Waals surface area contributed by atoms with E-state index >= 15 is 0 Å². The molecule has 0 unspecified atom stereocenters. The van der Waals surface area contributed by atoms with Crippen LogP contribution in [-0.2, 0) is 4.79 Å². The minimum absolute atomic E-state index is 0.00384. The van der Waals surface area contributed by atoms with E-state index in [0.29, 0.717) is 36.6 Å². The number of aromatic nitrogens is 1. The molecule has 0 saturated carbocycles. The Hall–Kier alpha value is -1.70. The number of carbonyl (C=O) groups excluding carboxylic acids is 2. The van der Waals surface area contributed by atoms with Crippen molar-refractivity contribution < 1.29 is 14.7 Å². The number of nitrogens with zero attached hydrogens (tertiary/aromatic N) is 3. The summed E-state index contributed by atoms with van der Waals surface area (Å²) in [7, 11) is 2.02. The fourth-order valence-corrected chi connectivity index (χ4v) is 3.91. The first-order chi connectivity index (χ1) is 12.8. The Morgan fingerprint density at radius 2 is 2.04 bits per heavy atom. The zero-order valence-corrected chi connectivity index (χ0v) is 16.6. The number of likely N-dealkylation sites (tertiary alicyclic amines) is 2. The highest BCUT2D eigenvalue weighted by atomic mass is 35.5. The predicted octanol–water partition coefficient (Wildman–Crippen LogP) is 1.16. The molecular weight excluding hydrogens is 368 g/mol. The molecular formula is C19H27ClN4O3. The molecule has 3 rings (SSSR count). The summed E-state index contributed by atoms with van der Waals surface area (Å²) >= 11 is 5.81. The van der Waals surface area contributed by atoms with Gasteiger partial charge in [0.1, 0.15) is 5.69 Å². The van der Waals surface area contributed by atoms with E-state index in [-0.39, 0.29) is 30.3 Å². The second-order valence-electron chi connectivity index (χ2n) is 7.71. The van der Waals surface area contributed by atoms with Gasteiger partial charge in [-0.15, -0.1) is 0 Å². The topological polar surface area (TPSA) is 85.8 Å². The molecule has 2 fully saturated rings. The van der Waals surface area contributed by atoms with Gasteiger partial charge < -0.3 is 20.2 Å². The summed E-state index contributed by atoms with van der Waals surface area (Å²) in [6.45, 7) is 4.05. The van der Waals surface area contributed by atoms with Gasteiger partial charge in [-0.3, -0.25) is 9.59 Å². The van der Waals surface area contributed by atoms with Crippen LogP contribution >= 0.6 is 11.6 Å². The van der Waals surface area contributed by atoms with E-state index in [2.05, 4.69) is 22.1 Å². The molecule has 2 saturated heterocycles. The Morgan fingerprint density at radius 3 is 2.59 bits per heavy atom. The number of nitrogens with one attached hydrogen (secondary N) is 1. The smallest absolute Gasteiger partial charge is 0.272 e. The molecule has 0 aliphatic carbocycles. The van der Waals surface area contributed by atoms with Crippen molar-refractivity contribution in [1.29, 1.82) is 0 Å². The fourth-order valence-electron chi connectivity index (χ4n) is 3.79. The van der Waals surface area contributed by atoms with Gasteiger partial charge in [-0.25, -0.2) is 4.98 Å². The van der Waals surface area contributed by atoms with Gasteiger partial charge in [0.2, 0.25) is 5.91 Å². The van der Waals surface area contributed by atoms with Gasteiger partial charge in [0.15, 0.2) is 0 Å². The lowest BCUT2D eigenvalue weighted by atomic mass is 9.90. The second kappa shape index (κ2) is 8.12. The largest absolute Gasteiger partial charge is 0.388 e. The van der Waals surface area contributed by atoms with Gasteiger partial charge >= 0.3 is 0 Å². The van der Waals surface area contributed by atoms with Crippen LogP contribution in [0.25, 0.3) is 0 Å². The van der Waals surface area contributed by atoms with Crippen molar-refractivity contribution in [2.45, 2.75) is 37.8 Å². The van der Waals surface area contributed by atoms with Crippen LogP contribution in [0.5, 0.6) is 0 Å². The Kier molecular flexibility index (Phi) is 6.03. The minimum Gasteiger partial charge on any atom is -0.388 e. The van der Waals surface area contributed by atoms with Crippen molar-refractivity contribution in [2.24, 2.45) is 5.92 Å². The number of rotatable bonds is 4. The Bertz CT molecular complexity index is 689. The van der Waals surface area contributed by atoms with E-state index in [1.165, 1.54) is 6.20 Å². The normalized spacial score (nSPS) is 25.4. The molecule has 2 atom stereocenters. The van der Waals surface area contributed by atoms with Crippen LogP contribution in [0.2, 0.25) is 5.02 Å². The number of carbonyl (C=O) groups is 2. The number of piperidine rings is 1. The van der Waals surface area contributed by atoms with Crippen molar-refractivity contribution in [1.82, 2.24) is 20.1 Å². The van der Waals surface area contributed by atoms with E-state index in [1.807, 2.05) is 7.05 Å². The van der Waals surface area contributed by atoms with Gasteiger partial charge in [-0.05, 0) is 51.9 Å². The molecule has 2 amide bonds. The van der Waals surface area contributed by atoms with Crippen LogP contribution in [0.3, 0.4) is 0 Å². The zero-order chi connectivity index (χ0) is 19.6. The summed E-state index contributed by atoms with van der Waals surface area (Å²) in [4.78, 5) is 32.8. The second-order valence-corrected chi connectivity index (χ2v) is 8.15. The van der Waals surface area contributed by atoms with Crippen LogP contribution in [0, 0.1) is 5.92 Å². The molecule has 7 nitrogen and oxygen atoms in total. The van der Waals surface area contributed by atoms with Crippen LogP contribution in [0.4, 0.5) is 0 Å². The van der Waals surface area contributed by atoms with Crippen LogP contribution < -0.4 is 5.32 Å². The number of hydrogen-bond donors (Lipinski definition) is 2. The maximum absolute atomic E-state index is 12.5. The van der Waals surface area contributed by atoms with Crippen LogP contribution in [0.15, 0.2) is 18.3 Å². The molecule has 2 aliphatic rings. The van der Waals surface area contributed by atoms with Gasteiger partial charge in [0.25, 0.3) is 5.91 Å². The first kappa shape index (κ1) is 20.0. The molecule has 1 aromatic rings. The number of pyridine rings is 1. The minimum atomic E-state index is -0.979. The van der Waals surface area contributed by atoms with Crippen molar-refractivity contribution >= 4 is 23.4 Å². The molecule has 27 heavy (non-hydrogen) atoms. The number of amides is 2. The third-order valence-corrected chi connectivity index (χ3v) is 6.15. The lowest BCUT2D eigenvalue weighted by Gasteiger charge is -2.38. The maximum Gasteiger partial charge on any atom is 0.272 e. The van der Waals surface area contributed by atoms with E-state index in [0.717, 1.165) is 13.0 Å². The van der Waals surface area contributed by atoms with Crippen LogP contribution in [-0.4, -0.2) is 76.6 Å². The lowest BCUT2D eigenvalue weighted by Crippen LogP contribution is -2.53. The molecule has 2 aliphatic heterocycles. The molecule has 8 heteroatoms. The van der Waals surface area contributed by atoms with E-state index in [4.69, 9.17) is 11.6 Å². The van der Waals surface area contributed by atoms with Gasteiger partial charge in [0, 0.05) is 31.9 Å². The first-order valence-corrected chi connectivity index (χ1v) is 9.78. The summed E-state index contributed by atoms with van der Waals surface area (Å²) in [6.07, 6.45) is 3.14. The van der Waals surface area contributed by atoms with Gasteiger partial charge in [0.05, 0.1) is 16.5 Å². The molecule has 0 aromatic carbocycles. The average Bonchev–Trinajstić information content (AvgIpc) is 2.99. The molecule has 148 valence electrons. The highest BCUT2D eigenvalue weighted by Gasteiger charge is 2.37. The van der Waals surface area contributed by atoms with Crippen molar-refractivity contribution in [3.63, 3.8) is 0 Å².